The molecule has 0 bridgehead atoms. The second kappa shape index (κ2) is 6.38. The molecule has 1 aromatic rings. The zero-order chi connectivity index (χ0) is 15.7. The molecular weight excluding hydrogens is 280 g/mol. The van der Waals surface area contributed by atoms with Gasteiger partial charge < -0.3 is 19.3 Å². The lowest BCUT2D eigenvalue weighted by Gasteiger charge is -2.40. The van der Waals surface area contributed by atoms with Gasteiger partial charge in [0, 0.05) is 38.6 Å². The Bertz CT molecular complexity index is 448. The molecule has 0 spiro atoms. The summed E-state index contributed by atoms with van der Waals surface area (Å²) in [5.41, 5.74) is 0. The van der Waals surface area contributed by atoms with Gasteiger partial charge in [-0.2, -0.15) is 0 Å². The van der Waals surface area contributed by atoms with Crippen LogP contribution in [0, 0.1) is 0 Å². The molecule has 2 saturated heterocycles. The van der Waals surface area contributed by atoms with Crippen LogP contribution in [0.4, 0.5) is 11.6 Å². The van der Waals surface area contributed by atoms with Crippen LogP contribution in [0.15, 0.2) is 12.4 Å². The monoisotopic (exact) mass is 306 g/mol. The Hall–Kier alpha value is -1.40. The van der Waals surface area contributed by atoms with Gasteiger partial charge >= 0.3 is 0 Å². The normalized spacial score (nSPS) is 33.1. The molecule has 0 saturated carbocycles. The standard InChI is InChI=1S/C16H26N4O2/c1-11-7-19(8-12(2)21-11)15-16(18-6-5-17-15)20-9-13(3)22-14(4)10-20/h5-6,11-14H,7-10H2,1-4H3/t11-,12+,13-,14+. The first kappa shape index (κ1) is 15.5. The molecule has 2 aliphatic heterocycles. The number of aromatic nitrogens is 2. The van der Waals surface area contributed by atoms with Crippen LogP contribution in [0.3, 0.4) is 0 Å². The minimum Gasteiger partial charge on any atom is -0.372 e. The van der Waals surface area contributed by atoms with Gasteiger partial charge in [-0.25, -0.2) is 9.97 Å². The van der Waals surface area contributed by atoms with Crippen molar-refractivity contribution in [3.8, 4) is 0 Å². The van der Waals surface area contributed by atoms with Crippen molar-refractivity contribution in [2.24, 2.45) is 0 Å². The molecule has 1 aromatic heterocycles. The van der Waals surface area contributed by atoms with Crippen LogP contribution in [-0.2, 0) is 9.47 Å². The zero-order valence-corrected chi connectivity index (χ0v) is 13.9. The van der Waals surface area contributed by atoms with Crippen LogP contribution in [0.2, 0.25) is 0 Å². The third-order valence-corrected chi connectivity index (χ3v) is 4.10. The van der Waals surface area contributed by atoms with Gasteiger partial charge in [-0.05, 0) is 27.7 Å². The molecule has 2 fully saturated rings. The molecule has 0 unspecified atom stereocenters. The SMILES string of the molecule is C[C@@H]1CN(c2nccnc2N2C[C@@H](C)O[C@@H](C)C2)C[C@H](C)O1. The molecule has 0 aromatic carbocycles. The Morgan fingerprint density at radius 2 is 1.05 bits per heavy atom. The van der Waals surface area contributed by atoms with Crippen molar-refractivity contribution in [3.63, 3.8) is 0 Å². The highest BCUT2D eigenvalue weighted by molar-refractivity contribution is 5.62. The summed E-state index contributed by atoms with van der Waals surface area (Å²) < 4.78 is 11.7. The van der Waals surface area contributed by atoms with E-state index in [9.17, 15) is 0 Å². The second-order valence-electron chi connectivity index (χ2n) is 6.53. The number of ether oxygens (including phenoxy) is 2. The third-order valence-electron chi connectivity index (χ3n) is 4.10. The Balaban J connectivity index is 1.86. The number of anilines is 2. The zero-order valence-electron chi connectivity index (χ0n) is 13.9. The Morgan fingerprint density at radius 1 is 0.727 bits per heavy atom. The summed E-state index contributed by atoms with van der Waals surface area (Å²) in [7, 11) is 0. The summed E-state index contributed by atoms with van der Waals surface area (Å²) in [5, 5.41) is 0. The van der Waals surface area contributed by atoms with E-state index in [4.69, 9.17) is 9.47 Å². The fourth-order valence-electron chi connectivity index (χ4n) is 3.47. The highest BCUT2D eigenvalue weighted by Crippen LogP contribution is 2.29. The summed E-state index contributed by atoms with van der Waals surface area (Å²) in [4.78, 5) is 13.8. The summed E-state index contributed by atoms with van der Waals surface area (Å²) in [6.07, 6.45) is 4.39. The molecule has 0 amide bonds. The molecule has 2 aliphatic rings. The lowest BCUT2D eigenvalue weighted by molar-refractivity contribution is -0.00724. The topological polar surface area (TPSA) is 50.7 Å². The molecule has 6 heteroatoms. The number of morpholine rings is 2. The molecule has 4 atom stereocenters. The smallest absolute Gasteiger partial charge is 0.172 e. The van der Waals surface area contributed by atoms with Crippen molar-refractivity contribution in [2.75, 3.05) is 36.0 Å². The van der Waals surface area contributed by atoms with Crippen molar-refractivity contribution < 1.29 is 9.47 Å². The molecular formula is C16H26N4O2. The number of nitrogens with zero attached hydrogens (tertiary/aromatic N) is 4. The minimum absolute atomic E-state index is 0.209. The van der Waals surface area contributed by atoms with Crippen molar-refractivity contribution in [2.45, 2.75) is 52.1 Å². The van der Waals surface area contributed by atoms with E-state index in [1.807, 2.05) is 0 Å². The van der Waals surface area contributed by atoms with Crippen molar-refractivity contribution in [1.29, 1.82) is 0 Å². The summed E-state index contributed by atoms with van der Waals surface area (Å²) in [6.45, 7) is 11.8. The first-order chi connectivity index (χ1) is 10.5. The van der Waals surface area contributed by atoms with Gasteiger partial charge in [0.15, 0.2) is 11.6 Å². The van der Waals surface area contributed by atoms with Gasteiger partial charge in [0.1, 0.15) is 0 Å². The first-order valence-corrected chi connectivity index (χ1v) is 8.14. The Labute approximate surface area is 132 Å². The van der Waals surface area contributed by atoms with E-state index in [0.29, 0.717) is 0 Å². The van der Waals surface area contributed by atoms with Crippen LogP contribution in [0.1, 0.15) is 27.7 Å². The maximum Gasteiger partial charge on any atom is 0.172 e. The van der Waals surface area contributed by atoms with E-state index in [1.54, 1.807) is 12.4 Å². The Morgan fingerprint density at radius 3 is 1.36 bits per heavy atom. The van der Waals surface area contributed by atoms with Gasteiger partial charge in [-0.3, -0.25) is 0 Å². The molecule has 3 rings (SSSR count). The van der Waals surface area contributed by atoms with Crippen LogP contribution < -0.4 is 9.80 Å². The lowest BCUT2D eigenvalue weighted by Crippen LogP contribution is -2.49. The van der Waals surface area contributed by atoms with Gasteiger partial charge in [-0.15, -0.1) is 0 Å². The number of hydrogen-bond acceptors (Lipinski definition) is 6. The van der Waals surface area contributed by atoms with E-state index >= 15 is 0 Å². The van der Waals surface area contributed by atoms with E-state index in [1.165, 1.54) is 0 Å². The second-order valence-corrected chi connectivity index (χ2v) is 6.53. The number of hydrogen-bond donors (Lipinski definition) is 0. The molecule has 3 heterocycles. The molecule has 0 N–H and O–H groups in total. The average Bonchev–Trinajstić information content (AvgIpc) is 2.45. The summed E-state index contributed by atoms with van der Waals surface area (Å²) in [6, 6.07) is 0. The van der Waals surface area contributed by atoms with E-state index < -0.39 is 0 Å². The van der Waals surface area contributed by atoms with Crippen molar-refractivity contribution >= 4 is 11.6 Å². The van der Waals surface area contributed by atoms with Crippen molar-refractivity contribution in [1.82, 2.24) is 9.97 Å². The fourth-order valence-corrected chi connectivity index (χ4v) is 3.47. The number of rotatable bonds is 2. The third kappa shape index (κ3) is 3.33. The van der Waals surface area contributed by atoms with E-state index in [0.717, 1.165) is 37.8 Å². The van der Waals surface area contributed by atoms with Crippen LogP contribution in [0.5, 0.6) is 0 Å². The molecule has 0 radical (unpaired) electrons. The van der Waals surface area contributed by atoms with E-state index in [2.05, 4.69) is 47.5 Å². The highest BCUT2D eigenvalue weighted by Gasteiger charge is 2.30. The largest absolute Gasteiger partial charge is 0.372 e. The summed E-state index contributed by atoms with van der Waals surface area (Å²) >= 11 is 0. The van der Waals surface area contributed by atoms with Crippen LogP contribution in [0.25, 0.3) is 0 Å². The highest BCUT2D eigenvalue weighted by atomic mass is 16.5. The predicted octanol–water partition coefficient (Wildman–Crippen LogP) is 1.70. The first-order valence-electron chi connectivity index (χ1n) is 8.14. The van der Waals surface area contributed by atoms with Gasteiger partial charge in [0.2, 0.25) is 0 Å². The predicted molar refractivity (Wildman–Crippen MR) is 86.5 cm³/mol. The van der Waals surface area contributed by atoms with Crippen LogP contribution in [-0.4, -0.2) is 60.6 Å². The molecule has 22 heavy (non-hydrogen) atoms. The van der Waals surface area contributed by atoms with Crippen LogP contribution >= 0.6 is 0 Å². The van der Waals surface area contributed by atoms with E-state index in [-0.39, 0.29) is 24.4 Å². The fraction of sp³-hybridized carbons (Fsp3) is 0.750. The Kier molecular flexibility index (Phi) is 4.49. The minimum atomic E-state index is 0.209. The molecule has 122 valence electrons. The average molecular weight is 306 g/mol. The van der Waals surface area contributed by atoms with Gasteiger partial charge in [0.05, 0.1) is 24.4 Å². The van der Waals surface area contributed by atoms with Gasteiger partial charge in [-0.1, -0.05) is 0 Å². The molecule has 6 nitrogen and oxygen atoms in total. The van der Waals surface area contributed by atoms with Crippen molar-refractivity contribution in [3.05, 3.63) is 12.4 Å². The van der Waals surface area contributed by atoms with Gasteiger partial charge in [0.25, 0.3) is 0 Å². The lowest BCUT2D eigenvalue weighted by atomic mass is 10.2. The molecule has 0 aliphatic carbocycles. The summed E-state index contributed by atoms with van der Waals surface area (Å²) in [5.74, 6) is 1.93. The maximum absolute atomic E-state index is 5.83. The quantitative estimate of drug-likeness (QED) is 0.829. The maximum atomic E-state index is 5.83.